The van der Waals surface area contributed by atoms with Crippen LogP contribution in [0.4, 0.5) is 0 Å². The molecule has 0 spiro atoms. The Kier molecular flexibility index (Phi) is 4.10. The van der Waals surface area contributed by atoms with Crippen molar-refractivity contribution >= 4 is 0 Å². The van der Waals surface area contributed by atoms with Crippen LogP contribution in [0.25, 0.3) is 0 Å². The summed E-state index contributed by atoms with van der Waals surface area (Å²) in [5, 5.41) is 3.49. The van der Waals surface area contributed by atoms with E-state index >= 15 is 0 Å². The molecule has 0 saturated carbocycles. The normalized spacial score (nSPS) is 12.6. The van der Waals surface area contributed by atoms with Crippen molar-refractivity contribution in [1.82, 2.24) is 15.3 Å². The molecule has 2 rings (SSSR count). The van der Waals surface area contributed by atoms with Gasteiger partial charge in [-0.2, -0.15) is 0 Å². The summed E-state index contributed by atoms with van der Waals surface area (Å²) in [6.07, 6.45) is 6.29. The average molecular weight is 245 g/mol. The molecule has 0 aliphatic rings. The van der Waals surface area contributed by atoms with E-state index in [2.05, 4.69) is 28.3 Å². The van der Waals surface area contributed by atoms with E-state index in [1.807, 2.05) is 13.8 Å². The topological polar surface area (TPSA) is 51.0 Å². The Morgan fingerprint density at radius 2 is 2.17 bits per heavy atom. The minimum atomic E-state index is 0.0519. The average Bonchev–Trinajstić information content (AvgIpc) is 2.70. The zero-order valence-corrected chi connectivity index (χ0v) is 11.1. The molecule has 0 aliphatic heterocycles. The lowest BCUT2D eigenvalue weighted by Crippen LogP contribution is -2.24. The molecule has 2 heterocycles. The summed E-state index contributed by atoms with van der Waals surface area (Å²) in [5.74, 6) is 1.86. The van der Waals surface area contributed by atoms with Crippen molar-refractivity contribution < 1.29 is 4.42 Å². The van der Waals surface area contributed by atoms with Crippen LogP contribution < -0.4 is 5.32 Å². The van der Waals surface area contributed by atoms with Crippen LogP contribution in [0.15, 0.2) is 29.1 Å². The maximum absolute atomic E-state index is 5.61. The lowest BCUT2D eigenvalue weighted by Gasteiger charge is -2.17. The van der Waals surface area contributed by atoms with Crippen LogP contribution in [-0.2, 0) is 0 Å². The van der Waals surface area contributed by atoms with Gasteiger partial charge in [-0.15, -0.1) is 0 Å². The van der Waals surface area contributed by atoms with Gasteiger partial charge in [0.05, 0.1) is 17.9 Å². The van der Waals surface area contributed by atoms with Gasteiger partial charge < -0.3 is 9.73 Å². The number of rotatable bonds is 5. The highest BCUT2D eigenvalue weighted by molar-refractivity contribution is 5.30. The number of aromatic nitrogens is 2. The third-order valence-corrected chi connectivity index (χ3v) is 2.87. The van der Waals surface area contributed by atoms with Gasteiger partial charge in [0.25, 0.3) is 0 Å². The first-order chi connectivity index (χ1) is 8.72. The third-order valence-electron chi connectivity index (χ3n) is 2.87. The molecule has 18 heavy (non-hydrogen) atoms. The number of hydrogen-bond acceptors (Lipinski definition) is 4. The van der Waals surface area contributed by atoms with E-state index < -0.39 is 0 Å². The second kappa shape index (κ2) is 5.78. The molecule has 4 heteroatoms. The van der Waals surface area contributed by atoms with E-state index in [-0.39, 0.29) is 6.04 Å². The van der Waals surface area contributed by atoms with E-state index in [1.165, 1.54) is 0 Å². The van der Waals surface area contributed by atoms with Crippen LogP contribution >= 0.6 is 0 Å². The molecule has 96 valence electrons. The van der Waals surface area contributed by atoms with Crippen LogP contribution in [0.1, 0.15) is 42.2 Å². The molecule has 0 radical (unpaired) electrons. The molecule has 4 nitrogen and oxygen atoms in total. The molecule has 0 bridgehead atoms. The molecular weight excluding hydrogens is 226 g/mol. The minimum absolute atomic E-state index is 0.0519. The van der Waals surface area contributed by atoms with Gasteiger partial charge in [-0.3, -0.25) is 9.97 Å². The Morgan fingerprint density at radius 3 is 2.72 bits per heavy atom. The number of nitrogens with one attached hydrogen (secondary N) is 1. The second-order valence-electron chi connectivity index (χ2n) is 4.39. The second-order valence-corrected chi connectivity index (χ2v) is 4.39. The van der Waals surface area contributed by atoms with Crippen molar-refractivity contribution in [2.75, 3.05) is 6.54 Å². The lowest BCUT2D eigenvalue weighted by atomic mass is 10.0. The summed E-state index contributed by atoms with van der Waals surface area (Å²) in [7, 11) is 0. The van der Waals surface area contributed by atoms with Gasteiger partial charge in [0.2, 0.25) is 0 Å². The van der Waals surface area contributed by atoms with E-state index in [0.717, 1.165) is 35.7 Å². The molecule has 2 aromatic heterocycles. The number of aryl methyl sites for hydroxylation is 2. The fraction of sp³-hybridized carbons (Fsp3) is 0.429. The zero-order chi connectivity index (χ0) is 13.0. The van der Waals surface area contributed by atoms with Crippen molar-refractivity contribution in [3.8, 4) is 0 Å². The highest BCUT2D eigenvalue weighted by atomic mass is 16.3. The van der Waals surface area contributed by atoms with Crippen LogP contribution in [-0.4, -0.2) is 16.5 Å². The monoisotopic (exact) mass is 245 g/mol. The van der Waals surface area contributed by atoms with Gasteiger partial charge in [-0.25, -0.2) is 0 Å². The Balaban J connectivity index is 2.34. The van der Waals surface area contributed by atoms with Gasteiger partial charge >= 0.3 is 0 Å². The van der Waals surface area contributed by atoms with Gasteiger partial charge in [-0.1, -0.05) is 6.92 Å². The molecule has 0 aliphatic carbocycles. The fourth-order valence-corrected chi connectivity index (χ4v) is 2.06. The van der Waals surface area contributed by atoms with Crippen LogP contribution in [0.2, 0.25) is 0 Å². The molecular formula is C14H19N3O. The maximum atomic E-state index is 5.61. The van der Waals surface area contributed by atoms with Crippen molar-refractivity contribution in [3.63, 3.8) is 0 Å². The fourth-order valence-electron chi connectivity index (χ4n) is 2.06. The Bertz CT molecular complexity index is 493. The quantitative estimate of drug-likeness (QED) is 0.880. The summed E-state index contributed by atoms with van der Waals surface area (Å²) in [6.45, 7) is 7.03. The molecule has 1 unspecified atom stereocenters. The summed E-state index contributed by atoms with van der Waals surface area (Å²) < 4.78 is 5.61. The predicted molar refractivity (Wildman–Crippen MR) is 70.4 cm³/mol. The summed E-state index contributed by atoms with van der Waals surface area (Å²) in [6, 6.07) is 2.12. The highest BCUT2D eigenvalue weighted by Crippen LogP contribution is 2.25. The van der Waals surface area contributed by atoms with E-state index in [4.69, 9.17) is 4.42 Å². The first-order valence-corrected chi connectivity index (χ1v) is 6.28. The molecule has 1 N–H and O–H groups in total. The summed E-state index contributed by atoms with van der Waals surface area (Å²) >= 11 is 0. The SMILES string of the molecule is CCCNC(c1cnccn1)c1cc(C)oc1C. The van der Waals surface area contributed by atoms with Crippen LogP contribution in [0, 0.1) is 13.8 Å². The van der Waals surface area contributed by atoms with Crippen molar-refractivity contribution in [2.45, 2.75) is 33.2 Å². The number of nitrogens with zero attached hydrogens (tertiary/aromatic N) is 2. The Morgan fingerprint density at radius 1 is 1.33 bits per heavy atom. The first-order valence-electron chi connectivity index (χ1n) is 6.28. The van der Waals surface area contributed by atoms with E-state index in [9.17, 15) is 0 Å². The summed E-state index contributed by atoms with van der Waals surface area (Å²) in [5.41, 5.74) is 2.07. The van der Waals surface area contributed by atoms with E-state index in [0.29, 0.717) is 0 Å². The first kappa shape index (κ1) is 12.8. The molecule has 0 amide bonds. The molecule has 0 aromatic carbocycles. The van der Waals surface area contributed by atoms with Crippen molar-refractivity contribution in [2.24, 2.45) is 0 Å². The van der Waals surface area contributed by atoms with Gasteiger partial charge in [0.15, 0.2) is 0 Å². The van der Waals surface area contributed by atoms with Crippen LogP contribution in [0.5, 0.6) is 0 Å². The van der Waals surface area contributed by atoms with Gasteiger partial charge in [0.1, 0.15) is 11.5 Å². The largest absolute Gasteiger partial charge is 0.466 e. The van der Waals surface area contributed by atoms with Gasteiger partial charge in [-0.05, 0) is 32.9 Å². The number of furan rings is 1. The van der Waals surface area contributed by atoms with Crippen molar-refractivity contribution in [1.29, 1.82) is 0 Å². The third kappa shape index (κ3) is 2.76. The predicted octanol–water partition coefficient (Wildman–Crippen LogP) is 2.78. The van der Waals surface area contributed by atoms with Crippen LogP contribution in [0.3, 0.4) is 0 Å². The number of hydrogen-bond donors (Lipinski definition) is 1. The Hall–Kier alpha value is -1.68. The molecule has 1 atom stereocenters. The maximum Gasteiger partial charge on any atom is 0.106 e. The molecule has 2 aromatic rings. The minimum Gasteiger partial charge on any atom is -0.466 e. The molecule has 0 saturated heterocycles. The summed E-state index contributed by atoms with van der Waals surface area (Å²) in [4.78, 5) is 8.53. The standard InChI is InChI=1S/C14H19N3O/c1-4-5-17-14(13-9-15-6-7-16-13)12-8-10(2)18-11(12)3/h6-9,14,17H,4-5H2,1-3H3. The molecule has 0 fully saturated rings. The Labute approximate surface area is 107 Å². The highest BCUT2D eigenvalue weighted by Gasteiger charge is 2.19. The van der Waals surface area contributed by atoms with Crippen molar-refractivity contribution in [3.05, 3.63) is 47.4 Å². The van der Waals surface area contributed by atoms with Gasteiger partial charge in [0, 0.05) is 18.0 Å². The van der Waals surface area contributed by atoms with E-state index in [1.54, 1.807) is 18.6 Å². The zero-order valence-electron chi connectivity index (χ0n) is 11.1. The lowest BCUT2D eigenvalue weighted by molar-refractivity contribution is 0.492. The smallest absolute Gasteiger partial charge is 0.106 e.